The highest BCUT2D eigenvalue weighted by atomic mass is 14.9. The summed E-state index contributed by atoms with van der Waals surface area (Å²) >= 11 is 0. The lowest BCUT2D eigenvalue weighted by Gasteiger charge is -2.27. The Morgan fingerprint density at radius 3 is 2.33 bits per heavy atom. The Morgan fingerprint density at radius 2 is 1.83 bits per heavy atom. The normalized spacial score (nSPS) is 31.8. The zero-order chi connectivity index (χ0) is 8.97. The topological polar surface area (TPSA) is 12.0 Å². The van der Waals surface area contributed by atoms with Gasteiger partial charge in [-0.05, 0) is 45.4 Å². The molecule has 1 N–H and O–H groups in total. The molecule has 0 aromatic rings. The molecule has 0 aromatic carbocycles. The van der Waals surface area contributed by atoms with Gasteiger partial charge < -0.3 is 5.32 Å². The van der Waals surface area contributed by atoms with Crippen LogP contribution in [0.1, 0.15) is 46.5 Å². The van der Waals surface area contributed by atoms with Gasteiger partial charge in [0.1, 0.15) is 0 Å². The first-order valence-corrected chi connectivity index (χ1v) is 5.12. The van der Waals surface area contributed by atoms with E-state index in [9.17, 15) is 0 Å². The molecule has 0 bridgehead atoms. The van der Waals surface area contributed by atoms with Gasteiger partial charge in [0.05, 0.1) is 0 Å². The monoisotopic (exact) mass is 167 g/mol. The second-order valence-electron chi connectivity index (χ2n) is 4.07. The Morgan fingerprint density at radius 1 is 1.25 bits per heavy atom. The standard InChI is InChI=1S/C11H21N/c1-4-10(3)12-11-7-5-9(2)6-8-11/h4,9,11-12H,5-8H2,1-3H3/b10-4-. The van der Waals surface area contributed by atoms with E-state index in [1.807, 2.05) is 0 Å². The van der Waals surface area contributed by atoms with Gasteiger partial charge in [-0.3, -0.25) is 0 Å². The van der Waals surface area contributed by atoms with Crippen molar-refractivity contribution in [3.05, 3.63) is 11.8 Å². The summed E-state index contributed by atoms with van der Waals surface area (Å²) in [5, 5.41) is 3.55. The SMILES string of the molecule is C/C=C(/C)NC1CCC(C)CC1. The maximum absolute atomic E-state index is 3.55. The lowest BCUT2D eigenvalue weighted by molar-refractivity contribution is 0.321. The van der Waals surface area contributed by atoms with Crippen molar-refractivity contribution in [1.29, 1.82) is 0 Å². The molecule has 0 unspecified atom stereocenters. The molecule has 0 radical (unpaired) electrons. The van der Waals surface area contributed by atoms with Crippen LogP contribution in [-0.4, -0.2) is 6.04 Å². The maximum Gasteiger partial charge on any atom is 0.0258 e. The molecule has 1 rings (SSSR count). The van der Waals surface area contributed by atoms with Crippen LogP contribution >= 0.6 is 0 Å². The minimum absolute atomic E-state index is 0.748. The quantitative estimate of drug-likeness (QED) is 0.666. The first kappa shape index (κ1) is 9.63. The number of allylic oxidation sites excluding steroid dienone is 2. The van der Waals surface area contributed by atoms with Crippen LogP contribution in [0.15, 0.2) is 11.8 Å². The van der Waals surface area contributed by atoms with Crippen LogP contribution in [0.25, 0.3) is 0 Å². The maximum atomic E-state index is 3.55. The second kappa shape index (κ2) is 4.54. The number of nitrogens with one attached hydrogen (secondary N) is 1. The van der Waals surface area contributed by atoms with E-state index in [0.717, 1.165) is 12.0 Å². The van der Waals surface area contributed by atoms with Crippen LogP contribution in [0.5, 0.6) is 0 Å². The third kappa shape index (κ3) is 2.88. The van der Waals surface area contributed by atoms with E-state index in [1.165, 1.54) is 31.4 Å². The van der Waals surface area contributed by atoms with Gasteiger partial charge in [0.15, 0.2) is 0 Å². The molecular formula is C11H21N. The fourth-order valence-corrected chi connectivity index (χ4v) is 1.81. The van der Waals surface area contributed by atoms with Crippen LogP contribution in [0.3, 0.4) is 0 Å². The molecule has 1 aliphatic rings. The molecular weight excluding hydrogens is 146 g/mol. The van der Waals surface area contributed by atoms with Crippen molar-refractivity contribution in [2.45, 2.75) is 52.5 Å². The summed E-state index contributed by atoms with van der Waals surface area (Å²) in [5.41, 5.74) is 1.33. The molecule has 0 aliphatic heterocycles. The first-order valence-electron chi connectivity index (χ1n) is 5.12. The average Bonchev–Trinajstić information content (AvgIpc) is 2.09. The van der Waals surface area contributed by atoms with E-state index in [0.29, 0.717) is 0 Å². The molecule has 70 valence electrons. The van der Waals surface area contributed by atoms with Gasteiger partial charge in [-0.1, -0.05) is 13.0 Å². The van der Waals surface area contributed by atoms with Crippen LogP contribution in [0.2, 0.25) is 0 Å². The lowest BCUT2D eigenvalue weighted by atomic mass is 9.87. The molecule has 0 spiro atoms. The van der Waals surface area contributed by atoms with Crippen LogP contribution in [-0.2, 0) is 0 Å². The summed E-state index contributed by atoms with van der Waals surface area (Å²) in [5.74, 6) is 0.953. The van der Waals surface area contributed by atoms with E-state index >= 15 is 0 Å². The predicted octanol–water partition coefficient (Wildman–Crippen LogP) is 3.08. The third-order valence-electron chi connectivity index (χ3n) is 2.88. The Balaban J connectivity index is 2.26. The number of hydrogen-bond donors (Lipinski definition) is 1. The van der Waals surface area contributed by atoms with Crippen molar-refractivity contribution in [1.82, 2.24) is 5.32 Å². The van der Waals surface area contributed by atoms with Gasteiger partial charge in [-0.25, -0.2) is 0 Å². The summed E-state index contributed by atoms with van der Waals surface area (Å²) in [4.78, 5) is 0. The van der Waals surface area contributed by atoms with Crippen molar-refractivity contribution < 1.29 is 0 Å². The summed E-state index contributed by atoms with van der Waals surface area (Å²) in [7, 11) is 0. The molecule has 0 amide bonds. The minimum Gasteiger partial charge on any atom is -0.386 e. The smallest absolute Gasteiger partial charge is 0.0258 e. The highest BCUT2D eigenvalue weighted by Crippen LogP contribution is 2.23. The van der Waals surface area contributed by atoms with Gasteiger partial charge in [0.2, 0.25) is 0 Å². The molecule has 0 heterocycles. The molecule has 1 fully saturated rings. The van der Waals surface area contributed by atoms with Gasteiger partial charge in [0, 0.05) is 11.7 Å². The zero-order valence-electron chi connectivity index (χ0n) is 8.56. The lowest BCUT2D eigenvalue weighted by Crippen LogP contribution is -2.31. The fraction of sp³-hybridized carbons (Fsp3) is 0.818. The molecule has 1 aliphatic carbocycles. The van der Waals surface area contributed by atoms with Crippen LogP contribution in [0.4, 0.5) is 0 Å². The third-order valence-corrected chi connectivity index (χ3v) is 2.88. The molecule has 1 heteroatoms. The Bertz CT molecular complexity index is 152. The summed E-state index contributed by atoms with van der Waals surface area (Å²) in [6.45, 7) is 6.60. The van der Waals surface area contributed by atoms with Gasteiger partial charge in [-0.15, -0.1) is 0 Å². The first-order chi connectivity index (χ1) is 5.72. The van der Waals surface area contributed by atoms with Crippen molar-refractivity contribution in [2.24, 2.45) is 5.92 Å². The summed E-state index contributed by atoms with van der Waals surface area (Å²) in [6.07, 6.45) is 7.65. The van der Waals surface area contributed by atoms with E-state index < -0.39 is 0 Å². The average molecular weight is 167 g/mol. The fourth-order valence-electron chi connectivity index (χ4n) is 1.81. The van der Waals surface area contributed by atoms with Crippen molar-refractivity contribution in [3.8, 4) is 0 Å². The van der Waals surface area contributed by atoms with Crippen molar-refractivity contribution in [2.75, 3.05) is 0 Å². The highest BCUT2D eigenvalue weighted by Gasteiger charge is 2.17. The summed E-state index contributed by atoms with van der Waals surface area (Å²) < 4.78 is 0. The second-order valence-corrected chi connectivity index (χ2v) is 4.07. The molecule has 1 saturated carbocycles. The van der Waals surface area contributed by atoms with E-state index in [4.69, 9.17) is 0 Å². The van der Waals surface area contributed by atoms with E-state index in [-0.39, 0.29) is 0 Å². The molecule has 0 atom stereocenters. The highest BCUT2D eigenvalue weighted by molar-refractivity contribution is 4.95. The molecule has 1 nitrogen and oxygen atoms in total. The molecule has 12 heavy (non-hydrogen) atoms. The Kier molecular flexibility index (Phi) is 3.64. The largest absolute Gasteiger partial charge is 0.386 e. The minimum atomic E-state index is 0.748. The van der Waals surface area contributed by atoms with E-state index in [2.05, 4.69) is 32.2 Å². The van der Waals surface area contributed by atoms with Crippen LogP contribution in [0, 0.1) is 5.92 Å². The number of hydrogen-bond acceptors (Lipinski definition) is 1. The van der Waals surface area contributed by atoms with Gasteiger partial charge in [-0.2, -0.15) is 0 Å². The number of rotatable bonds is 2. The summed E-state index contributed by atoms with van der Waals surface area (Å²) in [6, 6.07) is 0.748. The van der Waals surface area contributed by atoms with Crippen molar-refractivity contribution >= 4 is 0 Å². The van der Waals surface area contributed by atoms with E-state index in [1.54, 1.807) is 0 Å². The van der Waals surface area contributed by atoms with Crippen LogP contribution < -0.4 is 5.32 Å². The Labute approximate surface area is 76.2 Å². The predicted molar refractivity (Wildman–Crippen MR) is 54.0 cm³/mol. The van der Waals surface area contributed by atoms with Crippen molar-refractivity contribution in [3.63, 3.8) is 0 Å². The van der Waals surface area contributed by atoms with Gasteiger partial charge >= 0.3 is 0 Å². The van der Waals surface area contributed by atoms with Gasteiger partial charge in [0.25, 0.3) is 0 Å². The zero-order valence-corrected chi connectivity index (χ0v) is 8.56. The molecule has 0 saturated heterocycles. The molecule has 0 aromatic heterocycles. The Hall–Kier alpha value is -0.460.